The van der Waals surface area contributed by atoms with Crippen molar-refractivity contribution in [2.45, 2.75) is 46.3 Å². The van der Waals surface area contributed by atoms with Gasteiger partial charge in [0.05, 0.1) is 12.7 Å². The summed E-state index contributed by atoms with van der Waals surface area (Å²) in [5.41, 5.74) is 3.40. The zero-order valence-corrected chi connectivity index (χ0v) is 14.4. The van der Waals surface area contributed by atoms with E-state index in [4.69, 9.17) is 23.2 Å². The lowest BCUT2D eigenvalue weighted by molar-refractivity contribution is 0.423. The monoisotopic (exact) mass is 325 g/mol. The predicted octanol–water partition coefficient (Wildman–Crippen LogP) is 4.43. The molecule has 5 heteroatoms. The molecule has 0 radical (unpaired) electrons. The molecule has 2 rings (SSSR count). The van der Waals surface area contributed by atoms with Gasteiger partial charge in [0.25, 0.3) is 0 Å². The normalized spacial score (nSPS) is 11.9. The minimum atomic E-state index is 0.0881. The molecule has 0 spiro atoms. The van der Waals surface area contributed by atoms with Crippen molar-refractivity contribution >= 4 is 23.2 Å². The van der Waals surface area contributed by atoms with E-state index in [-0.39, 0.29) is 5.54 Å². The quantitative estimate of drug-likeness (QED) is 0.900. The highest BCUT2D eigenvalue weighted by molar-refractivity contribution is 6.33. The maximum Gasteiger partial charge on any atom is 0.0677 e. The number of nitrogens with one attached hydrogen (secondary N) is 1. The molecule has 0 aliphatic rings. The van der Waals surface area contributed by atoms with E-state index < -0.39 is 0 Å². The smallest absolute Gasteiger partial charge is 0.0677 e. The van der Waals surface area contributed by atoms with Crippen molar-refractivity contribution in [2.24, 2.45) is 0 Å². The second-order valence-electron chi connectivity index (χ2n) is 6.25. The Morgan fingerprint density at radius 2 is 1.90 bits per heavy atom. The fourth-order valence-electron chi connectivity index (χ4n) is 2.00. The molecule has 0 saturated heterocycles. The van der Waals surface area contributed by atoms with Crippen molar-refractivity contribution < 1.29 is 0 Å². The van der Waals surface area contributed by atoms with Gasteiger partial charge in [-0.05, 0) is 51.5 Å². The van der Waals surface area contributed by atoms with Gasteiger partial charge in [-0.25, -0.2) is 0 Å². The van der Waals surface area contributed by atoms with E-state index in [9.17, 15) is 0 Å². The highest BCUT2D eigenvalue weighted by Crippen LogP contribution is 2.22. The second kappa shape index (κ2) is 6.39. The van der Waals surface area contributed by atoms with Gasteiger partial charge in [0.2, 0.25) is 0 Å². The summed E-state index contributed by atoms with van der Waals surface area (Å²) in [6, 6.07) is 5.50. The molecule has 0 amide bonds. The number of benzene rings is 1. The van der Waals surface area contributed by atoms with Crippen LogP contribution in [0.3, 0.4) is 0 Å². The summed E-state index contributed by atoms with van der Waals surface area (Å²) in [5.74, 6) is 0. The van der Waals surface area contributed by atoms with Crippen molar-refractivity contribution in [3.05, 3.63) is 51.3 Å². The molecule has 0 fully saturated rings. The fraction of sp³-hybridized carbons (Fsp3) is 0.438. The molecule has 1 aromatic carbocycles. The Morgan fingerprint density at radius 1 is 1.19 bits per heavy atom. The first-order valence-corrected chi connectivity index (χ1v) is 7.72. The lowest BCUT2D eigenvalue weighted by atomic mass is 10.1. The van der Waals surface area contributed by atoms with Gasteiger partial charge in [-0.1, -0.05) is 23.2 Å². The first-order chi connectivity index (χ1) is 9.76. The van der Waals surface area contributed by atoms with Crippen LogP contribution in [0.1, 0.15) is 37.6 Å². The summed E-state index contributed by atoms with van der Waals surface area (Å²) >= 11 is 12.2. The van der Waals surface area contributed by atoms with E-state index >= 15 is 0 Å². The Kier molecular flexibility index (Phi) is 4.97. The zero-order chi connectivity index (χ0) is 15.6. The molecule has 3 nitrogen and oxygen atoms in total. The summed E-state index contributed by atoms with van der Waals surface area (Å²) in [4.78, 5) is 0. The fourth-order valence-corrected chi connectivity index (χ4v) is 2.38. The Hall–Kier alpha value is -1.03. The second-order valence-corrected chi connectivity index (χ2v) is 7.10. The molecular weight excluding hydrogens is 305 g/mol. The van der Waals surface area contributed by atoms with E-state index in [1.807, 2.05) is 23.0 Å². The van der Waals surface area contributed by atoms with Crippen LogP contribution in [-0.4, -0.2) is 15.3 Å². The molecular formula is C16H21Cl2N3. The molecule has 0 bridgehead atoms. The van der Waals surface area contributed by atoms with Gasteiger partial charge in [0.1, 0.15) is 0 Å². The average molecular weight is 326 g/mol. The van der Waals surface area contributed by atoms with Gasteiger partial charge in [0.15, 0.2) is 0 Å². The topological polar surface area (TPSA) is 29.9 Å². The highest BCUT2D eigenvalue weighted by Gasteiger charge is 2.13. The van der Waals surface area contributed by atoms with Crippen molar-refractivity contribution in [1.82, 2.24) is 15.1 Å². The largest absolute Gasteiger partial charge is 0.308 e. The Bertz CT molecular complexity index is 627. The van der Waals surface area contributed by atoms with Crippen LogP contribution < -0.4 is 5.32 Å². The van der Waals surface area contributed by atoms with E-state index in [0.29, 0.717) is 16.6 Å². The first-order valence-electron chi connectivity index (χ1n) is 6.96. The van der Waals surface area contributed by atoms with Crippen LogP contribution in [0, 0.1) is 6.92 Å². The molecule has 1 aromatic heterocycles. The van der Waals surface area contributed by atoms with Crippen LogP contribution >= 0.6 is 23.2 Å². The Morgan fingerprint density at radius 3 is 2.57 bits per heavy atom. The third-order valence-corrected chi connectivity index (χ3v) is 3.95. The average Bonchev–Trinajstić information content (AvgIpc) is 2.72. The molecule has 21 heavy (non-hydrogen) atoms. The standard InChI is InChI=1S/C16H21Cl2N3/c1-11-13(8-19-16(2,3)4)9-20-21(11)10-12-7-14(17)5-6-15(12)18/h5-7,9,19H,8,10H2,1-4H3. The maximum atomic E-state index is 6.21. The molecule has 0 atom stereocenters. The molecule has 1 N–H and O–H groups in total. The van der Waals surface area contributed by atoms with Crippen molar-refractivity contribution in [1.29, 1.82) is 0 Å². The third kappa shape index (κ3) is 4.47. The molecule has 0 saturated carbocycles. The first kappa shape index (κ1) is 16.3. The minimum Gasteiger partial charge on any atom is -0.308 e. The lowest BCUT2D eigenvalue weighted by Crippen LogP contribution is -2.35. The number of halogens is 2. The van der Waals surface area contributed by atoms with Gasteiger partial charge in [-0.3, -0.25) is 4.68 Å². The zero-order valence-electron chi connectivity index (χ0n) is 12.9. The molecule has 0 aliphatic carbocycles. The Labute approximate surface area is 136 Å². The summed E-state index contributed by atoms with van der Waals surface area (Å²) in [6.45, 7) is 9.96. The SMILES string of the molecule is Cc1c(CNC(C)(C)C)cnn1Cc1cc(Cl)ccc1Cl. The third-order valence-electron chi connectivity index (χ3n) is 3.34. The molecule has 2 aromatic rings. The van der Waals surface area contributed by atoms with Crippen molar-refractivity contribution in [2.75, 3.05) is 0 Å². The van der Waals surface area contributed by atoms with Gasteiger partial charge >= 0.3 is 0 Å². The van der Waals surface area contributed by atoms with Gasteiger partial charge in [-0.15, -0.1) is 0 Å². The van der Waals surface area contributed by atoms with Gasteiger partial charge < -0.3 is 5.32 Å². The van der Waals surface area contributed by atoms with Crippen LogP contribution in [0.2, 0.25) is 10.0 Å². The van der Waals surface area contributed by atoms with Crippen LogP contribution in [0.4, 0.5) is 0 Å². The summed E-state index contributed by atoms with van der Waals surface area (Å²) in [5, 5.41) is 9.33. The van der Waals surface area contributed by atoms with E-state index in [1.165, 1.54) is 5.56 Å². The number of aromatic nitrogens is 2. The Balaban J connectivity index is 2.15. The van der Waals surface area contributed by atoms with E-state index in [2.05, 4.69) is 38.1 Å². The number of hydrogen-bond donors (Lipinski definition) is 1. The van der Waals surface area contributed by atoms with Gasteiger partial charge in [0, 0.05) is 33.4 Å². The summed E-state index contributed by atoms with van der Waals surface area (Å²) in [7, 11) is 0. The van der Waals surface area contributed by atoms with E-state index in [1.54, 1.807) is 6.07 Å². The van der Waals surface area contributed by atoms with Crippen molar-refractivity contribution in [3.63, 3.8) is 0 Å². The molecule has 0 aliphatic heterocycles. The van der Waals surface area contributed by atoms with E-state index in [0.717, 1.165) is 17.8 Å². The lowest BCUT2D eigenvalue weighted by Gasteiger charge is -2.20. The number of rotatable bonds is 4. The molecule has 0 unspecified atom stereocenters. The van der Waals surface area contributed by atoms with Crippen LogP contribution in [-0.2, 0) is 13.1 Å². The van der Waals surface area contributed by atoms with Crippen LogP contribution in [0.25, 0.3) is 0 Å². The minimum absolute atomic E-state index is 0.0881. The summed E-state index contributed by atoms with van der Waals surface area (Å²) < 4.78 is 1.96. The van der Waals surface area contributed by atoms with Crippen molar-refractivity contribution in [3.8, 4) is 0 Å². The molecule has 114 valence electrons. The number of hydrogen-bond acceptors (Lipinski definition) is 2. The number of nitrogens with zero attached hydrogens (tertiary/aromatic N) is 2. The maximum absolute atomic E-state index is 6.21. The van der Waals surface area contributed by atoms with Crippen LogP contribution in [0.5, 0.6) is 0 Å². The highest BCUT2D eigenvalue weighted by atomic mass is 35.5. The predicted molar refractivity (Wildman–Crippen MR) is 89.1 cm³/mol. The molecule has 1 heterocycles. The van der Waals surface area contributed by atoms with Gasteiger partial charge in [-0.2, -0.15) is 5.10 Å². The summed E-state index contributed by atoms with van der Waals surface area (Å²) in [6.07, 6.45) is 1.91. The van der Waals surface area contributed by atoms with Crippen LogP contribution in [0.15, 0.2) is 24.4 Å².